The Morgan fingerprint density at radius 1 is 0.731 bits per heavy atom. The first-order chi connectivity index (χ1) is 12.8. The van der Waals surface area contributed by atoms with E-state index in [0.29, 0.717) is 32.8 Å². The van der Waals surface area contributed by atoms with Crippen molar-refractivity contribution in [1.29, 1.82) is 0 Å². The zero-order chi connectivity index (χ0) is 19.1. The summed E-state index contributed by atoms with van der Waals surface area (Å²) in [5, 5.41) is 2.89. The first-order valence-electron chi connectivity index (χ1n) is 10.9. The lowest BCUT2D eigenvalue weighted by Gasteiger charge is -2.07. The molecule has 0 heterocycles. The molecule has 0 aromatic carbocycles. The Morgan fingerprint density at radius 3 is 1.77 bits per heavy atom. The predicted octanol–water partition coefficient (Wildman–Crippen LogP) is 4.53. The fourth-order valence-electron chi connectivity index (χ4n) is 2.96. The van der Waals surface area contributed by atoms with Gasteiger partial charge in [0.1, 0.15) is 0 Å². The molecule has 0 spiro atoms. The SMILES string of the molecule is CCCCCCCCCCCCCCCC(=O)NCCOCCOCN. The van der Waals surface area contributed by atoms with E-state index in [1.54, 1.807) is 0 Å². The molecule has 5 nitrogen and oxygen atoms in total. The molecule has 0 bridgehead atoms. The van der Waals surface area contributed by atoms with Crippen molar-refractivity contribution in [3.63, 3.8) is 0 Å². The van der Waals surface area contributed by atoms with Gasteiger partial charge in [0, 0.05) is 13.0 Å². The highest BCUT2D eigenvalue weighted by molar-refractivity contribution is 5.75. The van der Waals surface area contributed by atoms with Crippen LogP contribution in [0.5, 0.6) is 0 Å². The van der Waals surface area contributed by atoms with Crippen LogP contribution in [0.2, 0.25) is 0 Å². The Kier molecular flexibility index (Phi) is 21.8. The van der Waals surface area contributed by atoms with Gasteiger partial charge in [0.25, 0.3) is 0 Å². The fraction of sp³-hybridized carbons (Fsp3) is 0.952. The number of carbonyl (C=O) groups excluding carboxylic acids is 1. The van der Waals surface area contributed by atoms with Crippen molar-refractivity contribution in [2.45, 2.75) is 96.8 Å². The molecule has 5 heteroatoms. The summed E-state index contributed by atoms with van der Waals surface area (Å²) in [6, 6.07) is 0. The third-order valence-electron chi connectivity index (χ3n) is 4.57. The molecule has 156 valence electrons. The van der Waals surface area contributed by atoms with Crippen LogP contribution in [0.1, 0.15) is 96.8 Å². The minimum absolute atomic E-state index is 0.134. The quantitative estimate of drug-likeness (QED) is 0.229. The molecule has 0 aliphatic rings. The van der Waals surface area contributed by atoms with Crippen LogP contribution in [0.15, 0.2) is 0 Å². The van der Waals surface area contributed by atoms with Gasteiger partial charge in [0.15, 0.2) is 0 Å². The molecule has 0 rings (SSSR count). The van der Waals surface area contributed by atoms with Crippen molar-refractivity contribution in [1.82, 2.24) is 5.32 Å². The topological polar surface area (TPSA) is 73.6 Å². The number of rotatable bonds is 21. The van der Waals surface area contributed by atoms with Crippen molar-refractivity contribution >= 4 is 5.91 Å². The standard InChI is InChI=1S/C21H44N2O3/c1-2-3-4-5-6-7-8-9-10-11-12-13-14-15-21(24)23-16-17-25-18-19-26-20-22/h2-20,22H2,1H3,(H,23,24). The average molecular weight is 373 g/mol. The first-order valence-corrected chi connectivity index (χ1v) is 10.9. The Bertz CT molecular complexity index is 288. The minimum Gasteiger partial charge on any atom is -0.377 e. The van der Waals surface area contributed by atoms with Crippen LogP contribution in [0.4, 0.5) is 0 Å². The van der Waals surface area contributed by atoms with Gasteiger partial charge in [-0.25, -0.2) is 0 Å². The number of hydrogen-bond donors (Lipinski definition) is 2. The summed E-state index contributed by atoms with van der Waals surface area (Å²) in [6.45, 7) is 4.61. The van der Waals surface area contributed by atoms with Crippen molar-refractivity contribution < 1.29 is 14.3 Å². The van der Waals surface area contributed by atoms with Gasteiger partial charge < -0.3 is 20.5 Å². The summed E-state index contributed by atoms with van der Waals surface area (Å²) in [6.07, 6.45) is 17.9. The predicted molar refractivity (Wildman–Crippen MR) is 109 cm³/mol. The molecule has 0 aliphatic heterocycles. The van der Waals surface area contributed by atoms with E-state index >= 15 is 0 Å². The summed E-state index contributed by atoms with van der Waals surface area (Å²) in [4.78, 5) is 11.7. The Balaban J connectivity index is 3.12. The van der Waals surface area contributed by atoms with E-state index in [9.17, 15) is 4.79 Å². The van der Waals surface area contributed by atoms with Crippen molar-refractivity contribution in [3.8, 4) is 0 Å². The maximum atomic E-state index is 11.7. The molecule has 3 N–H and O–H groups in total. The zero-order valence-electron chi connectivity index (χ0n) is 17.2. The Labute approximate surface area is 161 Å². The summed E-state index contributed by atoms with van der Waals surface area (Å²) in [7, 11) is 0. The van der Waals surface area contributed by atoms with E-state index in [-0.39, 0.29) is 12.6 Å². The second-order valence-electron chi connectivity index (χ2n) is 7.03. The number of hydrogen-bond acceptors (Lipinski definition) is 4. The zero-order valence-corrected chi connectivity index (χ0v) is 17.2. The highest BCUT2D eigenvalue weighted by Gasteiger charge is 2.00. The molecule has 0 unspecified atom stereocenters. The van der Waals surface area contributed by atoms with E-state index in [4.69, 9.17) is 15.2 Å². The second kappa shape index (κ2) is 22.4. The highest BCUT2D eigenvalue weighted by Crippen LogP contribution is 2.12. The third-order valence-corrected chi connectivity index (χ3v) is 4.57. The van der Waals surface area contributed by atoms with Crippen LogP contribution < -0.4 is 11.1 Å². The molecular weight excluding hydrogens is 328 g/mol. The molecule has 0 fully saturated rings. The molecule has 0 aromatic rings. The van der Waals surface area contributed by atoms with Gasteiger partial charge in [0.2, 0.25) is 5.91 Å². The molecule has 0 saturated carbocycles. The molecule has 26 heavy (non-hydrogen) atoms. The number of unbranched alkanes of at least 4 members (excludes halogenated alkanes) is 12. The summed E-state index contributed by atoms with van der Waals surface area (Å²) < 4.78 is 10.3. The van der Waals surface area contributed by atoms with Gasteiger partial charge in [-0.3, -0.25) is 4.79 Å². The average Bonchev–Trinajstić information content (AvgIpc) is 2.64. The van der Waals surface area contributed by atoms with Crippen molar-refractivity contribution in [3.05, 3.63) is 0 Å². The Morgan fingerprint density at radius 2 is 1.23 bits per heavy atom. The van der Waals surface area contributed by atoms with Crippen LogP contribution in [0, 0.1) is 0 Å². The normalized spacial score (nSPS) is 11.0. The molecule has 0 saturated heterocycles. The van der Waals surface area contributed by atoms with Gasteiger partial charge in [-0.1, -0.05) is 84.0 Å². The van der Waals surface area contributed by atoms with Crippen LogP contribution >= 0.6 is 0 Å². The second-order valence-corrected chi connectivity index (χ2v) is 7.03. The lowest BCUT2D eigenvalue weighted by molar-refractivity contribution is -0.121. The summed E-state index contributed by atoms with van der Waals surface area (Å²) in [5.41, 5.74) is 5.20. The van der Waals surface area contributed by atoms with Gasteiger partial charge in [-0.2, -0.15) is 0 Å². The molecule has 0 atom stereocenters. The third kappa shape index (κ3) is 21.4. The number of nitrogens with one attached hydrogen (secondary N) is 1. The lowest BCUT2D eigenvalue weighted by atomic mass is 10.0. The molecule has 1 amide bonds. The summed E-state index contributed by atoms with van der Waals surface area (Å²) in [5.74, 6) is 0.134. The molecule has 0 radical (unpaired) electrons. The van der Waals surface area contributed by atoms with Gasteiger partial charge in [-0.15, -0.1) is 0 Å². The maximum Gasteiger partial charge on any atom is 0.220 e. The number of carbonyl (C=O) groups is 1. The number of ether oxygens (including phenoxy) is 2. The van der Waals surface area contributed by atoms with Gasteiger partial charge in [-0.05, 0) is 6.42 Å². The van der Waals surface area contributed by atoms with E-state index in [1.165, 1.54) is 70.6 Å². The molecule has 0 aromatic heterocycles. The van der Waals surface area contributed by atoms with Crippen LogP contribution in [0.3, 0.4) is 0 Å². The van der Waals surface area contributed by atoms with Gasteiger partial charge >= 0.3 is 0 Å². The maximum absolute atomic E-state index is 11.7. The van der Waals surface area contributed by atoms with Gasteiger partial charge in [0.05, 0.1) is 26.6 Å². The number of amides is 1. The monoisotopic (exact) mass is 372 g/mol. The van der Waals surface area contributed by atoms with E-state index in [0.717, 1.165) is 12.8 Å². The minimum atomic E-state index is 0.134. The van der Waals surface area contributed by atoms with Crippen molar-refractivity contribution in [2.75, 3.05) is 33.1 Å². The largest absolute Gasteiger partial charge is 0.377 e. The molecule has 0 aliphatic carbocycles. The van der Waals surface area contributed by atoms with E-state index < -0.39 is 0 Å². The molecular formula is C21H44N2O3. The summed E-state index contributed by atoms with van der Waals surface area (Å²) >= 11 is 0. The van der Waals surface area contributed by atoms with Crippen LogP contribution in [-0.2, 0) is 14.3 Å². The fourth-order valence-corrected chi connectivity index (χ4v) is 2.96. The van der Waals surface area contributed by atoms with Crippen molar-refractivity contribution in [2.24, 2.45) is 5.73 Å². The van der Waals surface area contributed by atoms with Crippen LogP contribution in [-0.4, -0.2) is 39.0 Å². The Hall–Kier alpha value is -0.650. The number of nitrogens with two attached hydrogens (primary N) is 1. The highest BCUT2D eigenvalue weighted by atomic mass is 16.5. The van der Waals surface area contributed by atoms with E-state index in [2.05, 4.69) is 12.2 Å². The first kappa shape index (κ1) is 25.4. The smallest absolute Gasteiger partial charge is 0.220 e. The van der Waals surface area contributed by atoms with E-state index in [1.807, 2.05) is 0 Å². The lowest BCUT2D eigenvalue weighted by Crippen LogP contribution is -2.27. The van der Waals surface area contributed by atoms with Crippen LogP contribution in [0.25, 0.3) is 0 Å².